The van der Waals surface area contributed by atoms with Gasteiger partial charge in [-0.15, -0.1) is 0 Å². The van der Waals surface area contributed by atoms with Crippen LogP contribution in [-0.4, -0.2) is 45.6 Å². The summed E-state index contributed by atoms with van der Waals surface area (Å²) in [6, 6.07) is 7.66. The molecule has 0 saturated carbocycles. The van der Waals surface area contributed by atoms with Crippen molar-refractivity contribution in [3.63, 3.8) is 0 Å². The normalized spacial score (nSPS) is 20.8. The molecule has 32 heavy (non-hydrogen) atoms. The Morgan fingerprint density at radius 2 is 1.97 bits per heavy atom. The number of carbonyl (C=O) groups is 1. The van der Waals surface area contributed by atoms with Crippen LogP contribution in [0.1, 0.15) is 32.4 Å². The second-order valence-corrected chi connectivity index (χ2v) is 7.92. The fraction of sp³-hybridized carbons (Fsp3) is 0.364. The number of aromatic amines is 1. The first-order valence-corrected chi connectivity index (χ1v) is 10.4. The first-order valence-electron chi connectivity index (χ1n) is 10.4. The van der Waals surface area contributed by atoms with Crippen molar-refractivity contribution in [2.45, 2.75) is 26.6 Å². The van der Waals surface area contributed by atoms with Crippen LogP contribution in [0.3, 0.4) is 0 Å². The van der Waals surface area contributed by atoms with Crippen LogP contribution >= 0.6 is 0 Å². The Morgan fingerprint density at radius 1 is 1.25 bits per heavy atom. The molecule has 0 aliphatic carbocycles. The average molecular weight is 440 g/mol. The molecule has 1 fully saturated rings. The number of benzene rings is 1. The van der Waals surface area contributed by atoms with Crippen LogP contribution in [0.5, 0.6) is 0 Å². The molecule has 0 atom stereocenters. The lowest BCUT2D eigenvalue weighted by atomic mass is 9.91. The van der Waals surface area contributed by atoms with Crippen molar-refractivity contribution in [2.75, 3.05) is 25.5 Å². The molecule has 9 nitrogen and oxygen atoms in total. The van der Waals surface area contributed by atoms with Crippen molar-refractivity contribution < 1.29 is 18.7 Å². The SMILES string of the molecule is CCCNC(=O)C1(C)COC(c2nc(-c3ccc(F)cc3)c(-c3ccnc(N)n3)[nH]2)OC1. The van der Waals surface area contributed by atoms with E-state index < -0.39 is 11.7 Å². The Bertz CT molecular complexity index is 1090. The highest BCUT2D eigenvalue weighted by molar-refractivity contribution is 5.82. The van der Waals surface area contributed by atoms with E-state index in [4.69, 9.17) is 15.2 Å². The maximum Gasteiger partial charge on any atom is 0.230 e. The first kappa shape index (κ1) is 21.8. The van der Waals surface area contributed by atoms with Crippen molar-refractivity contribution >= 4 is 11.9 Å². The number of hydrogen-bond donors (Lipinski definition) is 3. The van der Waals surface area contributed by atoms with Crippen LogP contribution in [0.25, 0.3) is 22.6 Å². The van der Waals surface area contributed by atoms with Gasteiger partial charge in [0.15, 0.2) is 5.82 Å². The van der Waals surface area contributed by atoms with Gasteiger partial charge in [0.05, 0.1) is 35.7 Å². The molecular weight excluding hydrogens is 415 g/mol. The van der Waals surface area contributed by atoms with Gasteiger partial charge in [-0.2, -0.15) is 0 Å². The first-order chi connectivity index (χ1) is 15.4. The van der Waals surface area contributed by atoms with Gasteiger partial charge >= 0.3 is 0 Å². The van der Waals surface area contributed by atoms with Crippen molar-refractivity contribution in [1.82, 2.24) is 25.3 Å². The minimum atomic E-state index is -0.797. The number of nitrogen functional groups attached to an aromatic ring is 1. The Labute approximate surface area is 184 Å². The third kappa shape index (κ3) is 4.46. The zero-order chi connectivity index (χ0) is 22.7. The number of carbonyl (C=O) groups excluding carboxylic acids is 1. The molecule has 3 heterocycles. The van der Waals surface area contributed by atoms with E-state index in [2.05, 4.69) is 25.3 Å². The molecule has 4 rings (SSSR count). The van der Waals surface area contributed by atoms with Crippen LogP contribution in [-0.2, 0) is 14.3 Å². The van der Waals surface area contributed by atoms with Gasteiger partial charge in [-0.1, -0.05) is 6.92 Å². The molecule has 168 valence electrons. The van der Waals surface area contributed by atoms with E-state index in [-0.39, 0.29) is 30.9 Å². The average Bonchev–Trinajstić information content (AvgIpc) is 3.24. The van der Waals surface area contributed by atoms with E-state index in [1.807, 2.05) is 6.92 Å². The highest BCUT2D eigenvalue weighted by atomic mass is 19.1. The van der Waals surface area contributed by atoms with Crippen LogP contribution < -0.4 is 11.1 Å². The fourth-order valence-corrected chi connectivity index (χ4v) is 3.37. The van der Waals surface area contributed by atoms with Crippen LogP contribution in [0.2, 0.25) is 0 Å². The largest absolute Gasteiger partial charge is 0.368 e. The zero-order valence-electron chi connectivity index (χ0n) is 17.9. The lowest BCUT2D eigenvalue weighted by molar-refractivity contribution is -0.231. The summed E-state index contributed by atoms with van der Waals surface area (Å²) < 4.78 is 25.2. The maximum absolute atomic E-state index is 13.5. The predicted molar refractivity (Wildman–Crippen MR) is 115 cm³/mol. The maximum atomic E-state index is 13.5. The number of hydrogen-bond acceptors (Lipinski definition) is 7. The smallest absolute Gasteiger partial charge is 0.230 e. The Morgan fingerprint density at radius 3 is 2.62 bits per heavy atom. The minimum Gasteiger partial charge on any atom is -0.368 e. The van der Waals surface area contributed by atoms with Crippen molar-refractivity contribution in [1.29, 1.82) is 0 Å². The van der Waals surface area contributed by atoms with Crippen LogP contribution in [0, 0.1) is 11.2 Å². The molecular formula is C22H25FN6O3. The number of aromatic nitrogens is 4. The fourth-order valence-electron chi connectivity index (χ4n) is 3.37. The minimum absolute atomic E-state index is 0.110. The number of imidazole rings is 1. The zero-order valence-corrected chi connectivity index (χ0v) is 17.9. The van der Waals surface area contributed by atoms with Gasteiger partial charge in [0.2, 0.25) is 18.1 Å². The number of rotatable bonds is 6. The van der Waals surface area contributed by atoms with Crippen LogP contribution in [0.4, 0.5) is 10.3 Å². The second-order valence-electron chi connectivity index (χ2n) is 7.92. The number of amides is 1. The Hall–Kier alpha value is -3.37. The van der Waals surface area contributed by atoms with Gasteiger partial charge in [0.25, 0.3) is 0 Å². The molecule has 1 aliphatic rings. The molecule has 0 spiro atoms. The van der Waals surface area contributed by atoms with Gasteiger partial charge in [-0.3, -0.25) is 4.79 Å². The summed E-state index contributed by atoms with van der Waals surface area (Å²) in [5.74, 6) is 0.0635. The molecule has 10 heteroatoms. The van der Waals surface area contributed by atoms with Crippen LogP contribution in [0.15, 0.2) is 36.5 Å². The van der Waals surface area contributed by atoms with E-state index in [1.54, 1.807) is 31.3 Å². The molecule has 1 amide bonds. The predicted octanol–water partition coefficient (Wildman–Crippen LogP) is 2.83. The number of halogens is 1. The molecule has 4 N–H and O–H groups in total. The van der Waals surface area contributed by atoms with Crippen molar-refractivity contribution in [3.05, 3.63) is 48.2 Å². The molecule has 1 saturated heterocycles. The van der Waals surface area contributed by atoms with E-state index in [9.17, 15) is 9.18 Å². The monoisotopic (exact) mass is 440 g/mol. The second kappa shape index (κ2) is 9.01. The number of ether oxygens (including phenoxy) is 2. The van der Waals surface area contributed by atoms with Gasteiger partial charge in [-0.25, -0.2) is 19.3 Å². The number of H-pyrrole nitrogens is 1. The summed E-state index contributed by atoms with van der Waals surface area (Å²) in [4.78, 5) is 28.5. The standard InChI is InChI=1S/C22H25FN6O3/c1-3-9-25-20(30)22(2)11-31-19(32-12-22)18-28-16(13-4-6-14(23)7-5-13)17(29-18)15-8-10-26-21(24)27-15/h4-8,10,19H,3,9,11-12H2,1-2H3,(H,25,30)(H,28,29)(H2,24,26,27). The third-order valence-electron chi connectivity index (χ3n) is 5.18. The van der Waals surface area contributed by atoms with E-state index >= 15 is 0 Å². The molecule has 0 bridgehead atoms. The van der Waals surface area contributed by atoms with Gasteiger partial charge in [0, 0.05) is 18.3 Å². The lowest BCUT2D eigenvalue weighted by Crippen LogP contribution is -2.48. The molecule has 1 aromatic carbocycles. The lowest BCUT2D eigenvalue weighted by Gasteiger charge is -2.35. The van der Waals surface area contributed by atoms with Crippen molar-refractivity contribution in [3.8, 4) is 22.6 Å². The summed E-state index contributed by atoms with van der Waals surface area (Å²) >= 11 is 0. The highest BCUT2D eigenvalue weighted by Gasteiger charge is 2.40. The topological polar surface area (TPSA) is 128 Å². The van der Waals surface area contributed by atoms with E-state index in [0.717, 1.165) is 6.42 Å². The van der Waals surface area contributed by atoms with Gasteiger partial charge in [0.1, 0.15) is 5.82 Å². The summed E-state index contributed by atoms with van der Waals surface area (Å²) in [6.07, 6.45) is 1.59. The molecule has 2 aromatic heterocycles. The highest BCUT2D eigenvalue weighted by Crippen LogP contribution is 2.35. The van der Waals surface area contributed by atoms with Gasteiger partial charge < -0.3 is 25.5 Å². The quantitative estimate of drug-likeness (QED) is 0.538. The summed E-state index contributed by atoms with van der Waals surface area (Å²) in [6.45, 7) is 4.74. The summed E-state index contributed by atoms with van der Waals surface area (Å²) in [7, 11) is 0. The number of nitrogens with two attached hydrogens (primary N) is 1. The summed E-state index contributed by atoms with van der Waals surface area (Å²) in [5, 5.41) is 2.88. The molecule has 0 radical (unpaired) electrons. The third-order valence-corrected chi connectivity index (χ3v) is 5.18. The molecule has 3 aromatic rings. The number of nitrogens with zero attached hydrogens (tertiary/aromatic N) is 3. The van der Waals surface area contributed by atoms with E-state index in [1.165, 1.54) is 12.1 Å². The Balaban J connectivity index is 1.62. The van der Waals surface area contributed by atoms with Crippen molar-refractivity contribution in [2.24, 2.45) is 5.41 Å². The molecule has 1 aliphatic heterocycles. The summed E-state index contributed by atoms with van der Waals surface area (Å²) in [5.41, 5.74) is 7.28. The number of nitrogens with one attached hydrogen (secondary N) is 2. The van der Waals surface area contributed by atoms with Gasteiger partial charge in [-0.05, 0) is 43.7 Å². The Kier molecular flexibility index (Phi) is 6.15. The number of anilines is 1. The molecule has 0 unspecified atom stereocenters. The van der Waals surface area contributed by atoms with E-state index in [0.29, 0.717) is 35.0 Å².